The summed E-state index contributed by atoms with van der Waals surface area (Å²) in [6.07, 6.45) is 6.15. The molecule has 128 valence electrons. The molecule has 1 aliphatic rings. The first kappa shape index (κ1) is 17.2. The van der Waals surface area contributed by atoms with Crippen LogP contribution in [0.2, 0.25) is 5.02 Å². The molecule has 2 aromatic rings. The van der Waals surface area contributed by atoms with E-state index in [9.17, 15) is 0 Å². The van der Waals surface area contributed by atoms with Crippen LogP contribution in [-0.4, -0.2) is 11.5 Å². The van der Waals surface area contributed by atoms with E-state index in [1.165, 1.54) is 30.4 Å². The van der Waals surface area contributed by atoms with Gasteiger partial charge in [0.25, 0.3) is 0 Å². The molecule has 1 fully saturated rings. The summed E-state index contributed by atoms with van der Waals surface area (Å²) < 4.78 is 0. The molecule has 0 aliphatic heterocycles. The average molecular weight is 344 g/mol. The Balaban J connectivity index is 1.68. The molecular formula is C20H26ClN3. The van der Waals surface area contributed by atoms with Gasteiger partial charge in [0.15, 0.2) is 0 Å². The van der Waals surface area contributed by atoms with Gasteiger partial charge in [-0.3, -0.25) is 0 Å². The monoisotopic (exact) mass is 343 g/mol. The van der Waals surface area contributed by atoms with Crippen LogP contribution < -0.4 is 10.6 Å². The van der Waals surface area contributed by atoms with Gasteiger partial charge < -0.3 is 10.6 Å². The topological polar surface area (TPSA) is 37.0 Å². The van der Waals surface area contributed by atoms with E-state index in [2.05, 4.69) is 35.5 Å². The number of halogens is 1. The zero-order valence-corrected chi connectivity index (χ0v) is 15.2. The number of pyridine rings is 1. The molecule has 4 heteroatoms. The SMILES string of the molecule is CC(C)c1cc(Nc2cccc(Cl)c2)ncc1CNCC1CCC1. The van der Waals surface area contributed by atoms with Gasteiger partial charge >= 0.3 is 0 Å². The molecule has 0 bridgehead atoms. The summed E-state index contributed by atoms with van der Waals surface area (Å²) in [6, 6.07) is 9.87. The van der Waals surface area contributed by atoms with Crippen LogP contribution in [0.1, 0.15) is 50.2 Å². The lowest BCUT2D eigenvalue weighted by atomic mass is 9.85. The van der Waals surface area contributed by atoms with Crippen LogP contribution in [0.15, 0.2) is 36.5 Å². The third kappa shape index (κ3) is 4.49. The first-order valence-corrected chi connectivity index (χ1v) is 9.21. The Morgan fingerprint density at radius 2 is 2.08 bits per heavy atom. The highest BCUT2D eigenvalue weighted by molar-refractivity contribution is 6.30. The highest BCUT2D eigenvalue weighted by Gasteiger charge is 2.17. The maximum Gasteiger partial charge on any atom is 0.130 e. The summed E-state index contributed by atoms with van der Waals surface area (Å²) >= 11 is 6.05. The zero-order valence-electron chi connectivity index (χ0n) is 14.5. The maximum atomic E-state index is 6.05. The summed E-state index contributed by atoms with van der Waals surface area (Å²) in [4.78, 5) is 4.58. The number of hydrogen-bond donors (Lipinski definition) is 2. The van der Waals surface area contributed by atoms with Gasteiger partial charge in [-0.05, 0) is 66.6 Å². The van der Waals surface area contributed by atoms with Crippen molar-refractivity contribution in [2.24, 2.45) is 5.92 Å². The molecule has 2 N–H and O–H groups in total. The largest absolute Gasteiger partial charge is 0.340 e. The van der Waals surface area contributed by atoms with E-state index < -0.39 is 0 Å². The van der Waals surface area contributed by atoms with Crippen molar-refractivity contribution >= 4 is 23.1 Å². The van der Waals surface area contributed by atoms with Crippen LogP contribution in [0.4, 0.5) is 11.5 Å². The predicted molar refractivity (Wildman–Crippen MR) is 102 cm³/mol. The van der Waals surface area contributed by atoms with Crippen molar-refractivity contribution in [3.05, 3.63) is 52.7 Å². The fourth-order valence-corrected chi connectivity index (χ4v) is 3.27. The van der Waals surface area contributed by atoms with Crippen LogP contribution in [0.5, 0.6) is 0 Å². The number of rotatable bonds is 7. The molecule has 0 radical (unpaired) electrons. The lowest BCUT2D eigenvalue weighted by Crippen LogP contribution is -2.27. The van der Waals surface area contributed by atoms with Gasteiger partial charge in [0.1, 0.15) is 5.82 Å². The van der Waals surface area contributed by atoms with Crippen molar-refractivity contribution in [2.45, 2.75) is 45.6 Å². The molecule has 1 heterocycles. The first-order chi connectivity index (χ1) is 11.6. The standard InChI is InChI=1S/C20H26ClN3/c1-14(2)19-10-20(24-18-8-4-7-17(21)9-18)23-13-16(19)12-22-11-15-5-3-6-15/h4,7-10,13-15,22H,3,5-6,11-12H2,1-2H3,(H,23,24). The van der Waals surface area contributed by atoms with Gasteiger partial charge in [-0.15, -0.1) is 0 Å². The summed E-state index contributed by atoms with van der Waals surface area (Å²) in [5, 5.41) is 7.66. The highest BCUT2D eigenvalue weighted by atomic mass is 35.5. The second-order valence-electron chi connectivity index (χ2n) is 6.99. The molecule has 0 unspecified atom stereocenters. The second-order valence-corrected chi connectivity index (χ2v) is 7.42. The second kappa shape index (κ2) is 8.00. The van der Waals surface area contributed by atoms with E-state index in [4.69, 9.17) is 11.6 Å². The van der Waals surface area contributed by atoms with Gasteiger partial charge in [0.2, 0.25) is 0 Å². The van der Waals surface area contributed by atoms with Crippen molar-refractivity contribution in [2.75, 3.05) is 11.9 Å². The highest BCUT2D eigenvalue weighted by Crippen LogP contribution is 2.27. The Morgan fingerprint density at radius 1 is 1.25 bits per heavy atom. The molecule has 24 heavy (non-hydrogen) atoms. The summed E-state index contributed by atoms with van der Waals surface area (Å²) in [7, 11) is 0. The fourth-order valence-electron chi connectivity index (χ4n) is 3.07. The molecule has 1 saturated carbocycles. The Labute approximate surface area is 149 Å². The van der Waals surface area contributed by atoms with Gasteiger partial charge in [-0.1, -0.05) is 37.9 Å². The van der Waals surface area contributed by atoms with Gasteiger partial charge in [0.05, 0.1) is 0 Å². The molecule has 3 nitrogen and oxygen atoms in total. The first-order valence-electron chi connectivity index (χ1n) is 8.84. The van der Waals surface area contributed by atoms with Gasteiger partial charge in [-0.2, -0.15) is 0 Å². The van der Waals surface area contributed by atoms with Crippen LogP contribution in [0, 0.1) is 5.92 Å². The van der Waals surface area contributed by atoms with Crippen molar-refractivity contribution in [1.82, 2.24) is 10.3 Å². The van der Waals surface area contributed by atoms with Gasteiger partial charge in [-0.25, -0.2) is 4.98 Å². The Kier molecular flexibility index (Phi) is 5.75. The van der Waals surface area contributed by atoms with Crippen molar-refractivity contribution < 1.29 is 0 Å². The smallest absolute Gasteiger partial charge is 0.130 e. The average Bonchev–Trinajstić information content (AvgIpc) is 2.50. The Morgan fingerprint density at radius 3 is 2.75 bits per heavy atom. The Hall–Kier alpha value is -1.58. The maximum absolute atomic E-state index is 6.05. The Bertz CT molecular complexity index is 680. The number of aromatic nitrogens is 1. The van der Waals surface area contributed by atoms with Crippen LogP contribution >= 0.6 is 11.6 Å². The van der Waals surface area contributed by atoms with Crippen LogP contribution in [0.25, 0.3) is 0 Å². The molecule has 1 aromatic carbocycles. The molecule has 0 amide bonds. The third-order valence-corrected chi connectivity index (χ3v) is 4.95. The lowest BCUT2D eigenvalue weighted by Gasteiger charge is -2.25. The molecular weight excluding hydrogens is 318 g/mol. The summed E-state index contributed by atoms with van der Waals surface area (Å²) in [5.74, 6) is 2.21. The lowest BCUT2D eigenvalue weighted by molar-refractivity contribution is 0.301. The van der Waals surface area contributed by atoms with Gasteiger partial charge in [0, 0.05) is 23.5 Å². The number of benzene rings is 1. The van der Waals surface area contributed by atoms with E-state index in [1.807, 2.05) is 30.5 Å². The molecule has 1 aromatic heterocycles. The zero-order chi connectivity index (χ0) is 16.9. The van der Waals surface area contributed by atoms with E-state index in [0.717, 1.165) is 35.5 Å². The minimum Gasteiger partial charge on any atom is -0.340 e. The minimum absolute atomic E-state index is 0.466. The fraction of sp³-hybridized carbons (Fsp3) is 0.450. The number of anilines is 2. The van der Waals surface area contributed by atoms with Crippen LogP contribution in [-0.2, 0) is 6.54 Å². The molecule has 0 atom stereocenters. The molecule has 0 spiro atoms. The molecule has 3 rings (SSSR count). The van der Waals surface area contributed by atoms with E-state index in [-0.39, 0.29) is 0 Å². The van der Waals surface area contributed by atoms with E-state index >= 15 is 0 Å². The van der Waals surface area contributed by atoms with Crippen molar-refractivity contribution in [3.63, 3.8) is 0 Å². The third-order valence-electron chi connectivity index (χ3n) is 4.71. The predicted octanol–water partition coefficient (Wildman–Crippen LogP) is 5.49. The molecule has 0 saturated heterocycles. The molecule has 1 aliphatic carbocycles. The van der Waals surface area contributed by atoms with Crippen molar-refractivity contribution in [3.8, 4) is 0 Å². The number of hydrogen-bond acceptors (Lipinski definition) is 3. The van der Waals surface area contributed by atoms with Crippen LogP contribution in [0.3, 0.4) is 0 Å². The number of nitrogens with zero attached hydrogens (tertiary/aromatic N) is 1. The van der Waals surface area contributed by atoms with E-state index in [1.54, 1.807) is 0 Å². The van der Waals surface area contributed by atoms with Crippen molar-refractivity contribution in [1.29, 1.82) is 0 Å². The van der Waals surface area contributed by atoms with E-state index in [0.29, 0.717) is 5.92 Å². The number of nitrogens with one attached hydrogen (secondary N) is 2. The summed E-state index contributed by atoms with van der Waals surface area (Å²) in [6.45, 7) is 6.48. The quantitative estimate of drug-likeness (QED) is 0.697. The summed E-state index contributed by atoms with van der Waals surface area (Å²) in [5.41, 5.74) is 3.59. The minimum atomic E-state index is 0.466. The normalized spacial score (nSPS) is 14.7.